The van der Waals surface area contributed by atoms with Crippen molar-refractivity contribution in [3.63, 3.8) is 0 Å². The molecular weight excluding hydrogens is 280 g/mol. The third-order valence-electron chi connectivity index (χ3n) is 8.80. The number of ketones is 1. The van der Waals surface area contributed by atoms with Crippen LogP contribution in [0.2, 0.25) is 0 Å². The van der Waals surface area contributed by atoms with E-state index in [0.29, 0.717) is 22.5 Å². The summed E-state index contributed by atoms with van der Waals surface area (Å²) in [5, 5.41) is 0. The molecule has 2 bridgehead atoms. The molecule has 1 heteroatoms. The minimum absolute atomic E-state index is 0.164. The Labute approximate surface area is 141 Å². The zero-order valence-electron chi connectivity index (χ0n) is 15.0. The Hall–Kier alpha value is -0.850. The topological polar surface area (TPSA) is 17.1 Å². The SMILES string of the molecule is C=CC(=O)[C@]1(C)CCC[C@@]2(C)C3CC[C@H]4C[C@@]3(CCC21)CC4=C. The van der Waals surface area contributed by atoms with E-state index < -0.39 is 0 Å². The second kappa shape index (κ2) is 4.83. The molecule has 1 nitrogen and oxygen atoms in total. The van der Waals surface area contributed by atoms with E-state index in [1.807, 2.05) is 0 Å². The van der Waals surface area contributed by atoms with Gasteiger partial charge in [0, 0.05) is 5.41 Å². The molecule has 0 radical (unpaired) electrons. The van der Waals surface area contributed by atoms with Gasteiger partial charge in [0.05, 0.1) is 0 Å². The number of carbonyl (C=O) groups excluding carboxylic acids is 1. The van der Waals surface area contributed by atoms with E-state index in [1.165, 1.54) is 56.9 Å². The van der Waals surface area contributed by atoms with Crippen molar-refractivity contribution in [2.45, 2.75) is 71.6 Å². The van der Waals surface area contributed by atoms with E-state index in [2.05, 4.69) is 27.0 Å². The first-order valence-electron chi connectivity index (χ1n) is 9.70. The van der Waals surface area contributed by atoms with Crippen LogP contribution in [-0.2, 0) is 4.79 Å². The van der Waals surface area contributed by atoms with E-state index in [1.54, 1.807) is 6.08 Å². The molecule has 0 aromatic rings. The molecule has 4 fully saturated rings. The lowest BCUT2D eigenvalue weighted by atomic mass is 9.40. The molecule has 0 aromatic heterocycles. The largest absolute Gasteiger partial charge is 0.294 e. The molecular formula is C22H32O. The summed E-state index contributed by atoms with van der Waals surface area (Å²) >= 11 is 0. The third kappa shape index (κ3) is 1.88. The molecule has 0 aromatic carbocycles. The maximum atomic E-state index is 12.7. The average molecular weight is 312 g/mol. The van der Waals surface area contributed by atoms with Crippen molar-refractivity contribution in [1.29, 1.82) is 0 Å². The van der Waals surface area contributed by atoms with Crippen LogP contribution in [0.15, 0.2) is 24.8 Å². The van der Waals surface area contributed by atoms with Gasteiger partial charge in [0.15, 0.2) is 5.78 Å². The van der Waals surface area contributed by atoms with Gasteiger partial charge in [-0.2, -0.15) is 0 Å². The quantitative estimate of drug-likeness (QED) is 0.471. The molecule has 0 saturated heterocycles. The first kappa shape index (κ1) is 15.7. The number of hydrogen-bond donors (Lipinski definition) is 0. The van der Waals surface area contributed by atoms with Crippen LogP contribution in [0.1, 0.15) is 71.6 Å². The first-order chi connectivity index (χ1) is 10.9. The maximum Gasteiger partial charge on any atom is 0.161 e. The highest BCUT2D eigenvalue weighted by atomic mass is 16.1. The lowest BCUT2D eigenvalue weighted by molar-refractivity contribution is -0.162. The Morgan fingerprint density at radius 3 is 2.65 bits per heavy atom. The molecule has 126 valence electrons. The van der Waals surface area contributed by atoms with Crippen LogP contribution in [0.4, 0.5) is 0 Å². The van der Waals surface area contributed by atoms with E-state index in [9.17, 15) is 4.79 Å². The minimum atomic E-state index is -0.164. The van der Waals surface area contributed by atoms with Gasteiger partial charge in [-0.15, -0.1) is 0 Å². The van der Waals surface area contributed by atoms with Gasteiger partial charge in [-0.05, 0) is 86.0 Å². The van der Waals surface area contributed by atoms with Gasteiger partial charge < -0.3 is 0 Å². The molecule has 6 atom stereocenters. The molecule has 4 aliphatic rings. The highest BCUT2D eigenvalue weighted by Gasteiger charge is 2.64. The van der Waals surface area contributed by atoms with E-state index in [4.69, 9.17) is 0 Å². The smallest absolute Gasteiger partial charge is 0.161 e. The van der Waals surface area contributed by atoms with Gasteiger partial charge in [0.25, 0.3) is 0 Å². The predicted molar refractivity (Wildman–Crippen MR) is 95.0 cm³/mol. The number of hydrogen-bond acceptors (Lipinski definition) is 1. The fourth-order valence-electron chi connectivity index (χ4n) is 7.88. The molecule has 0 N–H and O–H groups in total. The predicted octanol–water partition coefficient (Wildman–Crippen LogP) is 5.71. The molecule has 4 aliphatic carbocycles. The summed E-state index contributed by atoms with van der Waals surface area (Å²) < 4.78 is 0. The molecule has 0 amide bonds. The van der Waals surface area contributed by atoms with Gasteiger partial charge in [-0.25, -0.2) is 0 Å². The van der Waals surface area contributed by atoms with Crippen LogP contribution >= 0.6 is 0 Å². The van der Waals surface area contributed by atoms with Crippen molar-refractivity contribution in [3.8, 4) is 0 Å². The highest BCUT2D eigenvalue weighted by Crippen LogP contribution is 2.72. The van der Waals surface area contributed by atoms with Crippen molar-refractivity contribution < 1.29 is 4.79 Å². The van der Waals surface area contributed by atoms with E-state index in [0.717, 1.165) is 18.3 Å². The zero-order chi connectivity index (χ0) is 16.5. The normalized spacial score (nSPS) is 51.7. The van der Waals surface area contributed by atoms with Crippen LogP contribution in [0.25, 0.3) is 0 Å². The Balaban J connectivity index is 1.74. The summed E-state index contributed by atoms with van der Waals surface area (Å²) in [6.45, 7) is 13.0. The van der Waals surface area contributed by atoms with Gasteiger partial charge in [0.2, 0.25) is 0 Å². The fraction of sp³-hybridized carbons (Fsp3) is 0.773. The average Bonchev–Trinajstić information content (AvgIpc) is 2.75. The molecule has 0 aliphatic heterocycles. The molecule has 4 rings (SSSR count). The summed E-state index contributed by atoms with van der Waals surface area (Å²) in [6.07, 6.45) is 13.1. The maximum absolute atomic E-state index is 12.7. The van der Waals surface area contributed by atoms with Gasteiger partial charge in [-0.3, -0.25) is 4.79 Å². The third-order valence-corrected chi connectivity index (χ3v) is 8.80. The summed E-state index contributed by atoms with van der Waals surface area (Å²) in [6, 6.07) is 0. The summed E-state index contributed by atoms with van der Waals surface area (Å²) in [7, 11) is 0. The van der Waals surface area contributed by atoms with E-state index >= 15 is 0 Å². The lowest BCUT2D eigenvalue weighted by Gasteiger charge is -2.63. The van der Waals surface area contributed by atoms with Crippen LogP contribution in [0.5, 0.6) is 0 Å². The number of fused-ring (bicyclic) bond motifs is 3. The van der Waals surface area contributed by atoms with Gasteiger partial charge in [-0.1, -0.05) is 39.0 Å². The van der Waals surface area contributed by atoms with Crippen molar-refractivity contribution >= 4 is 5.78 Å². The van der Waals surface area contributed by atoms with Crippen molar-refractivity contribution in [2.24, 2.45) is 34.0 Å². The van der Waals surface area contributed by atoms with Crippen molar-refractivity contribution in [2.75, 3.05) is 0 Å². The molecule has 0 heterocycles. The van der Waals surface area contributed by atoms with Crippen molar-refractivity contribution in [1.82, 2.24) is 0 Å². The second-order valence-electron chi connectivity index (χ2n) is 9.66. The Morgan fingerprint density at radius 2 is 1.91 bits per heavy atom. The number of allylic oxidation sites excluding steroid dienone is 2. The van der Waals surface area contributed by atoms with Gasteiger partial charge in [0.1, 0.15) is 0 Å². The van der Waals surface area contributed by atoms with Crippen LogP contribution in [-0.4, -0.2) is 5.78 Å². The Bertz CT molecular complexity index is 575. The summed E-state index contributed by atoms with van der Waals surface area (Å²) in [5.74, 6) is 2.46. The van der Waals surface area contributed by atoms with Crippen LogP contribution < -0.4 is 0 Å². The first-order valence-corrected chi connectivity index (χ1v) is 9.70. The van der Waals surface area contributed by atoms with Crippen LogP contribution in [0, 0.1) is 34.0 Å². The standard InChI is InChI=1S/C22H32O/c1-5-19(23)21(4)11-6-10-20(3)17(21)9-12-22-13-15(2)16(14-22)7-8-18(20)22/h5,16-18H,1-2,6-14H2,3-4H3/t16-,17?,18?,20+,21+,22+/m0/s1. The summed E-state index contributed by atoms with van der Waals surface area (Å²) in [5.41, 5.74) is 2.25. The Kier molecular flexibility index (Phi) is 3.29. The number of carbonyl (C=O) groups is 1. The van der Waals surface area contributed by atoms with Gasteiger partial charge >= 0.3 is 0 Å². The molecule has 4 saturated carbocycles. The highest BCUT2D eigenvalue weighted by molar-refractivity contribution is 5.94. The minimum Gasteiger partial charge on any atom is -0.294 e. The molecule has 23 heavy (non-hydrogen) atoms. The zero-order valence-corrected chi connectivity index (χ0v) is 15.0. The van der Waals surface area contributed by atoms with E-state index in [-0.39, 0.29) is 5.41 Å². The van der Waals surface area contributed by atoms with Crippen LogP contribution in [0.3, 0.4) is 0 Å². The van der Waals surface area contributed by atoms with Crippen molar-refractivity contribution in [3.05, 3.63) is 24.8 Å². The summed E-state index contributed by atoms with van der Waals surface area (Å²) in [4.78, 5) is 12.7. The fourth-order valence-corrected chi connectivity index (χ4v) is 7.88. The monoisotopic (exact) mass is 312 g/mol. The second-order valence-corrected chi connectivity index (χ2v) is 9.66. The Morgan fingerprint density at radius 1 is 1.13 bits per heavy atom. The molecule has 1 spiro atoms. The molecule has 2 unspecified atom stereocenters. The lowest BCUT2D eigenvalue weighted by Crippen LogP contribution is -2.58. The number of rotatable bonds is 2.